The molecular weight excluding hydrogens is 230 g/mol. The van der Waals surface area contributed by atoms with E-state index in [1.807, 2.05) is 6.07 Å². The Balaban J connectivity index is 1.95. The fourth-order valence-electron chi connectivity index (χ4n) is 3.82. The summed E-state index contributed by atoms with van der Waals surface area (Å²) in [6, 6.07) is 3.68. The molecule has 1 aromatic rings. The van der Waals surface area contributed by atoms with Crippen LogP contribution in [0, 0.1) is 10.8 Å². The molecule has 2 aliphatic carbocycles. The minimum atomic E-state index is -0.360. The fourth-order valence-corrected chi connectivity index (χ4v) is 3.82. The number of hydrogen-bond acceptors (Lipinski definition) is 4. The van der Waals surface area contributed by atoms with E-state index in [0.717, 1.165) is 24.8 Å². The van der Waals surface area contributed by atoms with Crippen LogP contribution in [0.5, 0.6) is 5.75 Å². The lowest BCUT2D eigenvalue weighted by atomic mass is 9.67. The van der Waals surface area contributed by atoms with Crippen molar-refractivity contribution in [1.29, 1.82) is 0 Å². The summed E-state index contributed by atoms with van der Waals surface area (Å²) in [6.07, 6.45) is 3.35. The average molecular weight is 243 g/mol. The molecule has 0 saturated heterocycles. The van der Waals surface area contributed by atoms with Gasteiger partial charge in [-0.2, -0.15) is 0 Å². The van der Waals surface area contributed by atoms with Crippen LogP contribution in [0.1, 0.15) is 36.3 Å². The highest BCUT2D eigenvalue weighted by Gasteiger charge is 2.50. The average Bonchev–Trinajstić information content (AvgIpc) is 2.81. The zero-order valence-electron chi connectivity index (χ0n) is 9.89. The first-order valence-corrected chi connectivity index (χ1v) is 6.48. The van der Waals surface area contributed by atoms with Gasteiger partial charge in [-0.25, -0.2) is 0 Å². The Kier molecular flexibility index (Phi) is 1.93. The Labute approximate surface area is 104 Å². The summed E-state index contributed by atoms with van der Waals surface area (Å²) in [7, 11) is 0. The highest BCUT2D eigenvalue weighted by molar-refractivity contribution is 5.88. The van der Waals surface area contributed by atoms with Crippen LogP contribution in [0.2, 0.25) is 0 Å². The molecule has 0 aromatic heterocycles. The van der Waals surface area contributed by atoms with Crippen molar-refractivity contribution >= 4 is 11.5 Å². The number of aryl methyl sites for hydroxylation is 1. The Bertz CT molecular complexity index is 566. The number of nitrogens with zero attached hydrogens (tertiary/aromatic N) is 1. The van der Waals surface area contributed by atoms with Crippen LogP contribution in [0.25, 0.3) is 0 Å². The van der Waals surface area contributed by atoms with E-state index in [4.69, 9.17) is 4.74 Å². The Hall–Kier alpha value is -1.71. The first-order valence-electron chi connectivity index (χ1n) is 6.48. The largest absolute Gasteiger partial charge is 0.479 e. The second kappa shape index (κ2) is 3.40. The van der Waals surface area contributed by atoms with Crippen molar-refractivity contribution < 1.29 is 9.53 Å². The van der Waals surface area contributed by atoms with Crippen LogP contribution in [0.4, 0.5) is 5.69 Å². The predicted octanol–water partition coefficient (Wildman–Crippen LogP) is 2.85. The summed E-state index contributed by atoms with van der Waals surface area (Å²) < 4.78 is 5.79. The lowest BCUT2D eigenvalue weighted by Crippen LogP contribution is -2.39. The number of Topliss-reactive ketones (excluding diaryl/α,β-unsaturated/α-hetero) is 1. The van der Waals surface area contributed by atoms with Gasteiger partial charge in [0, 0.05) is 17.9 Å². The standard InChI is InChI=1S/C14H13NO3/c16-10-6-4-8-2-1-7-3-5-9(15-17)13-11(7)12(8)14(10)18-13/h3,5,8,12,14H,1-2,4,6H2/t8?,12?,14-/m1/s1. The van der Waals surface area contributed by atoms with Crippen LogP contribution >= 0.6 is 0 Å². The maximum atomic E-state index is 12.0. The summed E-state index contributed by atoms with van der Waals surface area (Å²) in [4.78, 5) is 22.8. The molecule has 4 nitrogen and oxygen atoms in total. The minimum Gasteiger partial charge on any atom is -0.479 e. The first kappa shape index (κ1) is 10.2. The van der Waals surface area contributed by atoms with Gasteiger partial charge in [-0.15, -0.1) is 4.91 Å². The van der Waals surface area contributed by atoms with Crippen molar-refractivity contribution in [2.24, 2.45) is 11.1 Å². The van der Waals surface area contributed by atoms with E-state index in [-0.39, 0.29) is 17.8 Å². The van der Waals surface area contributed by atoms with E-state index in [2.05, 4.69) is 5.18 Å². The summed E-state index contributed by atoms with van der Waals surface area (Å²) >= 11 is 0. The van der Waals surface area contributed by atoms with E-state index in [0.29, 0.717) is 23.8 Å². The van der Waals surface area contributed by atoms with Gasteiger partial charge in [0.2, 0.25) is 0 Å². The first-order chi connectivity index (χ1) is 8.79. The van der Waals surface area contributed by atoms with Gasteiger partial charge in [0.05, 0.1) is 0 Å². The van der Waals surface area contributed by atoms with Crippen molar-refractivity contribution in [3.8, 4) is 5.75 Å². The van der Waals surface area contributed by atoms with E-state index in [1.165, 1.54) is 5.56 Å². The number of benzene rings is 1. The number of ether oxygens (including phenoxy) is 1. The summed E-state index contributed by atoms with van der Waals surface area (Å²) in [5.74, 6) is 1.46. The van der Waals surface area contributed by atoms with Gasteiger partial charge in [0.25, 0.3) is 0 Å². The van der Waals surface area contributed by atoms with E-state index in [1.54, 1.807) is 6.07 Å². The second-order valence-corrected chi connectivity index (χ2v) is 5.45. The van der Waals surface area contributed by atoms with Gasteiger partial charge in [0.1, 0.15) is 5.69 Å². The molecule has 3 atom stereocenters. The van der Waals surface area contributed by atoms with Crippen LogP contribution in [0.15, 0.2) is 17.3 Å². The number of carbonyl (C=O) groups is 1. The fraction of sp³-hybridized carbons (Fsp3) is 0.500. The highest BCUT2D eigenvalue weighted by Crippen LogP contribution is 2.55. The zero-order valence-corrected chi connectivity index (χ0v) is 9.89. The molecule has 0 radical (unpaired) electrons. The van der Waals surface area contributed by atoms with Gasteiger partial charge >= 0.3 is 0 Å². The molecule has 1 aliphatic heterocycles. The number of hydrogen-bond donors (Lipinski definition) is 0. The van der Waals surface area contributed by atoms with Gasteiger partial charge in [0.15, 0.2) is 17.6 Å². The van der Waals surface area contributed by atoms with Crippen LogP contribution in [0.3, 0.4) is 0 Å². The molecule has 1 fully saturated rings. The topological polar surface area (TPSA) is 55.7 Å². The SMILES string of the molecule is O=Nc1ccc2c3c1O[C@@H]1C(=O)CCC(CC2)C31. The smallest absolute Gasteiger partial charge is 0.173 e. The second-order valence-electron chi connectivity index (χ2n) is 5.45. The molecule has 0 N–H and O–H groups in total. The molecule has 1 aromatic carbocycles. The Morgan fingerprint density at radius 2 is 2.06 bits per heavy atom. The lowest BCUT2D eigenvalue weighted by Gasteiger charge is -2.35. The monoisotopic (exact) mass is 243 g/mol. The lowest BCUT2D eigenvalue weighted by molar-refractivity contribution is -0.129. The van der Waals surface area contributed by atoms with Crippen molar-refractivity contribution in [3.05, 3.63) is 28.2 Å². The van der Waals surface area contributed by atoms with Gasteiger partial charge in [-0.05, 0) is 42.0 Å². The molecule has 0 amide bonds. The molecule has 1 heterocycles. The number of nitroso groups, excluding NO2 is 1. The quantitative estimate of drug-likeness (QED) is 0.712. The molecular formula is C14H13NO3. The molecule has 4 heteroatoms. The van der Waals surface area contributed by atoms with Crippen molar-refractivity contribution in [2.45, 2.75) is 37.7 Å². The van der Waals surface area contributed by atoms with Crippen molar-refractivity contribution in [2.75, 3.05) is 0 Å². The Morgan fingerprint density at radius 1 is 1.22 bits per heavy atom. The van der Waals surface area contributed by atoms with E-state index in [9.17, 15) is 9.70 Å². The third-order valence-corrected chi connectivity index (χ3v) is 4.64. The van der Waals surface area contributed by atoms with Gasteiger partial charge < -0.3 is 4.74 Å². The molecule has 3 aliphatic rings. The number of carbonyl (C=O) groups excluding carboxylic acids is 1. The van der Waals surface area contributed by atoms with Gasteiger partial charge in [-0.1, -0.05) is 6.07 Å². The van der Waals surface area contributed by atoms with E-state index < -0.39 is 0 Å². The Morgan fingerprint density at radius 3 is 2.89 bits per heavy atom. The molecule has 18 heavy (non-hydrogen) atoms. The highest BCUT2D eigenvalue weighted by atomic mass is 16.5. The maximum Gasteiger partial charge on any atom is 0.173 e. The number of ketones is 1. The molecule has 0 bridgehead atoms. The molecule has 2 unspecified atom stereocenters. The third kappa shape index (κ3) is 1.13. The van der Waals surface area contributed by atoms with Gasteiger partial charge in [-0.3, -0.25) is 4.79 Å². The van der Waals surface area contributed by atoms with Crippen molar-refractivity contribution in [1.82, 2.24) is 0 Å². The van der Waals surface area contributed by atoms with Crippen LogP contribution < -0.4 is 4.74 Å². The third-order valence-electron chi connectivity index (χ3n) is 4.64. The summed E-state index contributed by atoms with van der Waals surface area (Å²) in [6.45, 7) is 0. The predicted molar refractivity (Wildman–Crippen MR) is 65.1 cm³/mol. The molecule has 4 rings (SSSR count). The zero-order chi connectivity index (χ0) is 12.3. The molecule has 92 valence electrons. The van der Waals surface area contributed by atoms with E-state index >= 15 is 0 Å². The summed E-state index contributed by atoms with van der Waals surface area (Å²) in [5, 5.41) is 3.03. The van der Waals surface area contributed by atoms with Crippen LogP contribution in [-0.4, -0.2) is 11.9 Å². The normalized spacial score (nSPS) is 31.8. The number of rotatable bonds is 1. The van der Waals surface area contributed by atoms with Crippen molar-refractivity contribution in [3.63, 3.8) is 0 Å². The maximum absolute atomic E-state index is 12.0. The summed E-state index contributed by atoms with van der Waals surface area (Å²) in [5.41, 5.74) is 2.67. The minimum absolute atomic E-state index is 0.173. The molecule has 1 saturated carbocycles. The molecule has 0 spiro atoms. The van der Waals surface area contributed by atoms with Crippen LogP contribution in [-0.2, 0) is 11.2 Å².